The molecule has 2 N–H and O–H groups in total. The number of carboxylic acids is 2. The van der Waals surface area contributed by atoms with Gasteiger partial charge in [-0.1, -0.05) is 0 Å². The third-order valence-corrected chi connectivity index (χ3v) is 5.73. The van der Waals surface area contributed by atoms with Crippen molar-refractivity contribution in [2.45, 2.75) is 50.7 Å². The molecule has 2 aliphatic rings. The van der Waals surface area contributed by atoms with Gasteiger partial charge in [0, 0.05) is 57.6 Å². The molecule has 2 aromatic heterocycles. The van der Waals surface area contributed by atoms with Crippen molar-refractivity contribution in [3.63, 3.8) is 0 Å². The highest BCUT2D eigenvalue weighted by atomic mass is 19.4. The Hall–Kier alpha value is -3.11. The molecular weight excluding hydrogens is 544 g/mol. The molecule has 2 aromatic rings. The lowest BCUT2D eigenvalue weighted by Crippen LogP contribution is -2.34. The van der Waals surface area contributed by atoms with E-state index in [2.05, 4.69) is 15.8 Å². The minimum absolute atomic E-state index is 0.319. The predicted octanol–water partition coefficient (Wildman–Crippen LogP) is 3.92. The Bertz CT molecular complexity index is 1010. The highest BCUT2D eigenvalue weighted by Gasteiger charge is 2.39. The Balaban J connectivity index is 0.000000317. The summed E-state index contributed by atoms with van der Waals surface area (Å²) >= 11 is 0. The van der Waals surface area contributed by atoms with E-state index in [4.69, 9.17) is 38.8 Å². The third kappa shape index (κ3) is 10.9. The first-order valence-electron chi connectivity index (χ1n) is 11.7. The zero-order valence-electron chi connectivity index (χ0n) is 20.9. The van der Waals surface area contributed by atoms with Crippen LogP contribution in [0.4, 0.5) is 26.3 Å². The Kier molecular flexibility index (Phi) is 11.8. The van der Waals surface area contributed by atoms with Crippen molar-refractivity contribution < 1.29 is 60.0 Å². The summed E-state index contributed by atoms with van der Waals surface area (Å²) in [5.41, 5.74) is 2.54. The van der Waals surface area contributed by atoms with Crippen LogP contribution < -0.4 is 0 Å². The second-order valence-corrected chi connectivity index (χ2v) is 8.82. The van der Waals surface area contributed by atoms with Crippen LogP contribution in [-0.4, -0.2) is 82.7 Å². The van der Waals surface area contributed by atoms with E-state index in [0.29, 0.717) is 18.4 Å². The largest absolute Gasteiger partial charge is 0.490 e. The Morgan fingerprint density at radius 3 is 2.18 bits per heavy atom. The number of methoxy groups -OCH3 is 1. The molecule has 1 unspecified atom stereocenters. The molecule has 2 aliphatic heterocycles. The topological polar surface area (TPSA) is 127 Å². The molecule has 0 radical (unpaired) electrons. The maximum Gasteiger partial charge on any atom is 0.490 e. The van der Waals surface area contributed by atoms with Crippen LogP contribution in [0.2, 0.25) is 0 Å². The van der Waals surface area contributed by atoms with Crippen LogP contribution in [0.1, 0.15) is 35.8 Å². The molecule has 0 bridgehead atoms. The van der Waals surface area contributed by atoms with Crippen LogP contribution >= 0.6 is 0 Å². The molecule has 0 aliphatic carbocycles. The Morgan fingerprint density at radius 2 is 1.69 bits per heavy atom. The van der Waals surface area contributed by atoms with Crippen LogP contribution in [0.5, 0.6) is 0 Å². The van der Waals surface area contributed by atoms with Gasteiger partial charge in [-0.2, -0.15) is 31.4 Å². The molecule has 4 heterocycles. The molecule has 1 fully saturated rings. The summed E-state index contributed by atoms with van der Waals surface area (Å²) in [6.07, 6.45) is -3.92. The lowest BCUT2D eigenvalue weighted by molar-refractivity contribution is -0.193. The minimum atomic E-state index is -5.08. The number of halogens is 6. The summed E-state index contributed by atoms with van der Waals surface area (Å²) < 4.78 is 82.1. The highest BCUT2D eigenvalue weighted by Crippen LogP contribution is 2.29. The summed E-state index contributed by atoms with van der Waals surface area (Å²) in [5.74, 6) is -3.51. The van der Waals surface area contributed by atoms with E-state index in [-0.39, 0.29) is 0 Å². The second kappa shape index (κ2) is 14.3. The van der Waals surface area contributed by atoms with Crippen LogP contribution in [0, 0.1) is 5.92 Å². The maximum atomic E-state index is 10.6. The van der Waals surface area contributed by atoms with Crippen LogP contribution in [0.15, 0.2) is 29.0 Å². The van der Waals surface area contributed by atoms with Crippen LogP contribution in [0.3, 0.4) is 0 Å². The van der Waals surface area contributed by atoms with Crippen LogP contribution in [-0.2, 0) is 38.7 Å². The number of nitrogens with zero attached hydrogens (tertiary/aromatic N) is 3. The van der Waals surface area contributed by atoms with Gasteiger partial charge in [-0.3, -0.25) is 9.58 Å². The first-order valence-corrected chi connectivity index (χ1v) is 11.7. The Labute approximate surface area is 219 Å². The molecule has 0 saturated carbocycles. The number of hydrogen-bond acceptors (Lipinski definition) is 7. The molecule has 0 aromatic carbocycles. The molecule has 0 amide bonds. The van der Waals surface area contributed by atoms with E-state index in [9.17, 15) is 26.3 Å². The summed E-state index contributed by atoms with van der Waals surface area (Å²) in [7, 11) is 1.77. The quantitative estimate of drug-likeness (QED) is 0.495. The van der Waals surface area contributed by atoms with Gasteiger partial charge in [-0.15, -0.1) is 0 Å². The molecule has 39 heavy (non-hydrogen) atoms. The summed E-state index contributed by atoms with van der Waals surface area (Å²) in [4.78, 5) is 20.2. The first kappa shape index (κ1) is 32.1. The van der Waals surface area contributed by atoms with Gasteiger partial charge in [-0.05, 0) is 30.9 Å². The van der Waals surface area contributed by atoms with E-state index in [0.717, 1.165) is 58.0 Å². The van der Waals surface area contributed by atoms with Gasteiger partial charge in [0.15, 0.2) is 0 Å². The number of furan rings is 1. The number of rotatable bonds is 6. The van der Waals surface area contributed by atoms with Gasteiger partial charge >= 0.3 is 24.3 Å². The van der Waals surface area contributed by atoms with E-state index in [1.54, 1.807) is 13.4 Å². The number of aromatic nitrogens is 2. The third-order valence-electron chi connectivity index (χ3n) is 5.73. The second-order valence-electron chi connectivity index (χ2n) is 8.82. The normalized spacial score (nSPS) is 18.3. The number of carbonyl (C=O) groups is 2. The summed E-state index contributed by atoms with van der Waals surface area (Å²) in [5, 5.41) is 19.2. The predicted molar refractivity (Wildman–Crippen MR) is 121 cm³/mol. The van der Waals surface area contributed by atoms with E-state index < -0.39 is 24.3 Å². The van der Waals surface area contributed by atoms with E-state index >= 15 is 0 Å². The van der Waals surface area contributed by atoms with Crippen molar-refractivity contribution in [2.75, 3.05) is 33.5 Å². The molecule has 4 rings (SSSR count). The lowest BCUT2D eigenvalue weighted by atomic mass is 9.97. The van der Waals surface area contributed by atoms with E-state index in [1.165, 1.54) is 11.3 Å². The molecular formula is C23H29F6N3O7. The average Bonchev–Trinajstić information content (AvgIpc) is 3.49. The number of alkyl halides is 6. The molecule has 1 saturated heterocycles. The van der Waals surface area contributed by atoms with Gasteiger partial charge in [0.2, 0.25) is 0 Å². The van der Waals surface area contributed by atoms with Crippen LogP contribution in [0.25, 0.3) is 0 Å². The Morgan fingerprint density at radius 1 is 1.10 bits per heavy atom. The van der Waals surface area contributed by atoms with Crippen molar-refractivity contribution in [3.05, 3.63) is 41.6 Å². The number of aliphatic carboxylic acids is 2. The molecule has 16 heteroatoms. The molecule has 220 valence electrons. The fraction of sp³-hybridized carbons (Fsp3) is 0.609. The number of carboxylic acid groups (broad SMARTS) is 2. The SMILES string of the molecule is COCC1CN(Cc2ccco2)Cc2cn(CC3CCOCC3)nc21.O=C(O)C(F)(F)F.O=C(O)C(F)(F)F. The van der Waals surface area contributed by atoms with Crippen molar-refractivity contribution in [2.24, 2.45) is 5.92 Å². The summed E-state index contributed by atoms with van der Waals surface area (Å²) in [6.45, 7) is 6.17. The van der Waals surface area contributed by atoms with Crippen molar-refractivity contribution in [1.82, 2.24) is 14.7 Å². The van der Waals surface area contributed by atoms with Crippen molar-refractivity contribution in [1.29, 1.82) is 0 Å². The number of fused-ring (bicyclic) bond motifs is 1. The fourth-order valence-corrected chi connectivity index (χ4v) is 4.01. The van der Waals surface area contributed by atoms with Gasteiger partial charge in [0.25, 0.3) is 0 Å². The minimum Gasteiger partial charge on any atom is -0.475 e. The average molecular weight is 573 g/mol. The van der Waals surface area contributed by atoms with Gasteiger partial charge in [-0.25, -0.2) is 9.59 Å². The van der Waals surface area contributed by atoms with Gasteiger partial charge in [0.1, 0.15) is 5.76 Å². The van der Waals surface area contributed by atoms with Crippen molar-refractivity contribution in [3.8, 4) is 0 Å². The van der Waals surface area contributed by atoms with E-state index in [1.807, 2.05) is 12.1 Å². The molecule has 1 atom stereocenters. The van der Waals surface area contributed by atoms with Gasteiger partial charge < -0.3 is 24.1 Å². The lowest BCUT2D eigenvalue weighted by Gasteiger charge is -2.30. The molecule has 10 nitrogen and oxygen atoms in total. The highest BCUT2D eigenvalue weighted by molar-refractivity contribution is 5.73. The zero-order valence-corrected chi connectivity index (χ0v) is 20.9. The number of ether oxygens (including phenoxy) is 2. The van der Waals surface area contributed by atoms with Gasteiger partial charge in [0.05, 0.1) is 25.1 Å². The monoisotopic (exact) mass is 573 g/mol. The maximum absolute atomic E-state index is 10.6. The van der Waals surface area contributed by atoms with Crippen molar-refractivity contribution >= 4 is 11.9 Å². The summed E-state index contributed by atoms with van der Waals surface area (Å²) in [6, 6.07) is 3.98. The standard InChI is InChI=1S/C19H27N3O3.2C2HF3O2/c1-23-14-17-11-21(13-18-3-2-6-25-18)10-16-12-22(20-19(16)17)9-15-4-7-24-8-5-15;2*3-2(4,5)1(6)7/h2-3,6,12,15,17H,4-5,7-11,13-14H2,1H3;2*(H,6,7). The smallest absolute Gasteiger partial charge is 0.475 e. The number of hydrogen-bond donors (Lipinski definition) is 2. The first-order chi connectivity index (χ1) is 18.2. The molecule has 0 spiro atoms. The fourth-order valence-electron chi connectivity index (χ4n) is 4.01. The zero-order chi connectivity index (χ0) is 29.2.